The number of carbonyl (C=O) groups is 1. The Kier molecular flexibility index (Phi) is 5.98. The third-order valence-electron chi connectivity index (χ3n) is 5.93. The van der Waals surface area contributed by atoms with Gasteiger partial charge in [0, 0.05) is 10.9 Å². The Bertz CT molecular complexity index is 1280. The van der Waals surface area contributed by atoms with E-state index in [0.717, 1.165) is 77.8 Å². The fourth-order valence-corrected chi connectivity index (χ4v) is 6.33. The second-order valence-electron chi connectivity index (χ2n) is 8.42. The Hall–Kier alpha value is -2.33. The number of hydrogen-bond acceptors (Lipinski definition) is 5. The number of benzene rings is 1. The van der Waals surface area contributed by atoms with E-state index < -0.39 is 17.3 Å². The first-order valence-electron chi connectivity index (χ1n) is 11.0. The van der Waals surface area contributed by atoms with Crippen LogP contribution in [-0.4, -0.2) is 27.3 Å². The highest BCUT2D eigenvalue weighted by Gasteiger charge is 2.35. The molecule has 5 nitrogen and oxygen atoms in total. The second-order valence-corrected chi connectivity index (χ2v) is 10.5. The van der Waals surface area contributed by atoms with Crippen LogP contribution in [0, 0.1) is 0 Å². The number of carbonyl (C=O) groups excluding carboxylic acids is 1. The molecule has 1 amide bonds. The highest BCUT2D eigenvalue weighted by atomic mass is 32.2. The largest absolute Gasteiger partial charge is 0.418 e. The number of fused-ring (bicyclic) bond motifs is 3. The smallest absolute Gasteiger partial charge is 0.353 e. The monoisotopic (exact) mass is 493 g/mol. The molecule has 0 saturated heterocycles. The number of rotatable bonds is 5. The molecular weight excluding hydrogens is 471 g/mol. The molecule has 174 valence electrons. The van der Waals surface area contributed by atoms with E-state index in [4.69, 9.17) is 0 Å². The maximum Gasteiger partial charge on any atom is 0.418 e. The number of aryl methyl sites for hydroxylation is 2. The van der Waals surface area contributed by atoms with Crippen LogP contribution in [0.2, 0.25) is 0 Å². The lowest BCUT2D eigenvalue weighted by atomic mass is 10.1. The van der Waals surface area contributed by atoms with Crippen molar-refractivity contribution in [3.05, 3.63) is 50.6 Å². The normalized spacial score (nSPS) is 16.5. The number of aromatic nitrogens is 2. The topological polar surface area (TPSA) is 64.0 Å². The SMILES string of the molecule is O=C(CSc1nc2sc3c(c2c(=O)n1-c1ccccc1C(F)(F)F)CCCCC3)NC1CC1. The minimum absolute atomic E-state index is 0.0201. The second kappa shape index (κ2) is 8.79. The van der Waals surface area contributed by atoms with Gasteiger partial charge >= 0.3 is 6.18 Å². The third kappa shape index (κ3) is 4.55. The van der Waals surface area contributed by atoms with Crippen LogP contribution in [-0.2, 0) is 23.8 Å². The summed E-state index contributed by atoms with van der Waals surface area (Å²) in [5.41, 5.74) is -0.741. The van der Waals surface area contributed by atoms with Crippen molar-refractivity contribution in [2.45, 2.75) is 62.3 Å². The van der Waals surface area contributed by atoms with Crippen molar-refractivity contribution >= 4 is 39.2 Å². The van der Waals surface area contributed by atoms with Crippen LogP contribution >= 0.6 is 23.1 Å². The van der Waals surface area contributed by atoms with Gasteiger partial charge in [0.2, 0.25) is 5.91 Å². The molecule has 5 rings (SSSR count). The Morgan fingerprint density at radius 1 is 1.18 bits per heavy atom. The number of nitrogens with one attached hydrogen (secondary N) is 1. The van der Waals surface area contributed by atoms with Gasteiger partial charge < -0.3 is 5.32 Å². The lowest BCUT2D eigenvalue weighted by molar-refractivity contribution is -0.137. The fraction of sp³-hybridized carbons (Fsp3) is 0.435. The number of nitrogens with zero attached hydrogens (tertiary/aromatic N) is 2. The number of alkyl halides is 3. The highest BCUT2D eigenvalue weighted by Crippen LogP contribution is 2.37. The molecule has 1 N–H and O–H groups in total. The zero-order valence-corrected chi connectivity index (χ0v) is 19.3. The van der Waals surface area contributed by atoms with Gasteiger partial charge in [-0.05, 0) is 56.2 Å². The van der Waals surface area contributed by atoms with Gasteiger partial charge in [-0.15, -0.1) is 11.3 Å². The van der Waals surface area contributed by atoms with E-state index in [-0.39, 0.29) is 28.5 Å². The summed E-state index contributed by atoms with van der Waals surface area (Å²) >= 11 is 2.45. The van der Waals surface area contributed by atoms with Gasteiger partial charge in [-0.2, -0.15) is 13.2 Å². The molecule has 2 aliphatic carbocycles. The zero-order valence-electron chi connectivity index (χ0n) is 17.7. The van der Waals surface area contributed by atoms with E-state index in [1.807, 2.05) is 0 Å². The van der Waals surface area contributed by atoms with Crippen molar-refractivity contribution in [1.29, 1.82) is 0 Å². The predicted octanol–water partition coefficient (Wildman–Crippen LogP) is 5.11. The Morgan fingerprint density at radius 2 is 1.94 bits per heavy atom. The van der Waals surface area contributed by atoms with Crippen molar-refractivity contribution in [2.75, 3.05) is 5.75 Å². The third-order valence-corrected chi connectivity index (χ3v) is 8.06. The molecule has 3 aromatic rings. The summed E-state index contributed by atoms with van der Waals surface area (Å²) in [6, 6.07) is 5.21. The molecule has 0 aliphatic heterocycles. The minimum Gasteiger partial charge on any atom is -0.353 e. The standard InChI is InChI=1S/C23H22F3N3O2S2/c24-23(25,26)15-7-4-5-8-16(15)29-21(31)19-14-6-2-1-3-9-17(14)33-20(19)28-22(29)32-12-18(30)27-13-10-11-13/h4-5,7-8,13H,1-3,6,9-12H2,(H,27,30). The predicted molar refractivity (Wildman–Crippen MR) is 123 cm³/mol. The van der Waals surface area contributed by atoms with Crippen molar-refractivity contribution in [3.8, 4) is 5.69 Å². The van der Waals surface area contributed by atoms with Gasteiger partial charge in [0.15, 0.2) is 5.16 Å². The van der Waals surface area contributed by atoms with Gasteiger partial charge in [-0.1, -0.05) is 30.3 Å². The van der Waals surface area contributed by atoms with E-state index in [0.29, 0.717) is 10.2 Å². The van der Waals surface area contributed by atoms with E-state index in [9.17, 15) is 22.8 Å². The van der Waals surface area contributed by atoms with Crippen LogP contribution in [0.25, 0.3) is 15.9 Å². The minimum atomic E-state index is -4.64. The molecule has 2 aliphatic rings. The molecule has 33 heavy (non-hydrogen) atoms. The van der Waals surface area contributed by atoms with Gasteiger partial charge in [-0.25, -0.2) is 4.98 Å². The van der Waals surface area contributed by atoms with Crippen molar-refractivity contribution in [1.82, 2.24) is 14.9 Å². The van der Waals surface area contributed by atoms with Crippen LogP contribution in [0.4, 0.5) is 13.2 Å². The molecule has 0 spiro atoms. The number of thiophene rings is 1. The number of amides is 1. The van der Waals surface area contributed by atoms with E-state index in [1.165, 1.54) is 29.5 Å². The van der Waals surface area contributed by atoms with E-state index >= 15 is 0 Å². The highest BCUT2D eigenvalue weighted by molar-refractivity contribution is 7.99. The molecule has 0 unspecified atom stereocenters. The number of thioether (sulfide) groups is 1. The summed E-state index contributed by atoms with van der Waals surface area (Å²) in [4.78, 5) is 32.3. The first-order valence-corrected chi connectivity index (χ1v) is 12.8. The Labute approximate surface area is 196 Å². The summed E-state index contributed by atoms with van der Waals surface area (Å²) in [6.45, 7) is 0. The molecule has 0 bridgehead atoms. The molecule has 1 saturated carbocycles. The van der Waals surface area contributed by atoms with Crippen molar-refractivity contribution < 1.29 is 18.0 Å². The number of para-hydroxylation sites is 1. The van der Waals surface area contributed by atoms with Crippen LogP contribution in [0.5, 0.6) is 0 Å². The summed E-state index contributed by atoms with van der Waals surface area (Å²) in [5, 5.41) is 3.39. The van der Waals surface area contributed by atoms with E-state index in [2.05, 4.69) is 10.3 Å². The fourth-order valence-electron chi connectivity index (χ4n) is 4.21. The zero-order chi connectivity index (χ0) is 23.2. The van der Waals surface area contributed by atoms with Crippen molar-refractivity contribution in [2.24, 2.45) is 0 Å². The number of halogens is 3. The summed E-state index contributed by atoms with van der Waals surface area (Å²) in [5.74, 6) is -0.234. The summed E-state index contributed by atoms with van der Waals surface area (Å²) in [7, 11) is 0. The molecule has 1 fully saturated rings. The Balaban J connectivity index is 1.68. The van der Waals surface area contributed by atoms with Gasteiger partial charge in [0.25, 0.3) is 5.56 Å². The molecule has 1 aromatic carbocycles. The molecule has 0 atom stereocenters. The lowest BCUT2D eigenvalue weighted by Gasteiger charge is -2.17. The maximum atomic E-state index is 13.8. The molecule has 0 radical (unpaired) electrons. The van der Waals surface area contributed by atoms with Crippen LogP contribution in [0.1, 0.15) is 48.1 Å². The molecule has 2 aromatic heterocycles. The van der Waals surface area contributed by atoms with Crippen LogP contribution in [0.15, 0.2) is 34.2 Å². The lowest BCUT2D eigenvalue weighted by Crippen LogP contribution is -2.28. The molecular formula is C23H22F3N3O2S2. The quantitative estimate of drug-likeness (QED) is 0.305. The first-order chi connectivity index (χ1) is 15.8. The van der Waals surface area contributed by atoms with Crippen LogP contribution in [0.3, 0.4) is 0 Å². The van der Waals surface area contributed by atoms with Gasteiger partial charge in [0.1, 0.15) is 4.83 Å². The molecule has 2 heterocycles. The maximum absolute atomic E-state index is 13.8. The summed E-state index contributed by atoms with van der Waals surface area (Å²) < 4.78 is 42.6. The average Bonchev–Trinajstić information content (AvgIpc) is 3.55. The van der Waals surface area contributed by atoms with E-state index in [1.54, 1.807) is 0 Å². The molecule has 10 heteroatoms. The van der Waals surface area contributed by atoms with Gasteiger partial charge in [-0.3, -0.25) is 14.2 Å². The summed E-state index contributed by atoms with van der Waals surface area (Å²) in [6.07, 6.45) is 1.83. The number of hydrogen-bond donors (Lipinski definition) is 1. The first kappa shape index (κ1) is 22.5. The average molecular weight is 494 g/mol. The van der Waals surface area contributed by atoms with Gasteiger partial charge in [0.05, 0.1) is 22.4 Å². The van der Waals surface area contributed by atoms with Crippen molar-refractivity contribution in [3.63, 3.8) is 0 Å². The Morgan fingerprint density at radius 3 is 2.70 bits per heavy atom. The van der Waals surface area contributed by atoms with Crippen LogP contribution < -0.4 is 10.9 Å².